The third-order valence-electron chi connectivity index (χ3n) is 2.30. The maximum absolute atomic E-state index is 11.5. The van der Waals surface area contributed by atoms with Crippen LogP contribution in [0.5, 0.6) is 5.75 Å². The fraction of sp³-hybridized carbons (Fsp3) is 0.182. The number of rotatable bonds is 3. The predicted octanol–water partition coefficient (Wildman–Crippen LogP) is 1.90. The lowest BCUT2D eigenvalue weighted by molar-refractivity contribution is 0.0604. The Kier molecular flexibility index (Phi) is 3.06. The summed E-state index contributed by atoms with van der Waals surface area (Å²) in [6.45, 7) is 0. The highest BCUT2D eigenvalue weighted by molar-refractivity contribution is 7.20. The molecule has 17 heavy (non-hydrogen) atoms. The Bertz CT molecular complexity index is 590. The number of thiophene rings is 1. The van der Waals surface area contributed by atoms with Gasteiger partial charge in [0.25, 0.3) is 0 Å². The molecule has 6 heteroatoms. The van der Waals surface area contributed by atoms with Gasteiger partial charge < -0.3 is 9.47 Å². The molecule has 0 saturated heterocycles. The Morgan fingerprint density at radius 1 is 1.47 bits per heavy atom. The molecule has 0 unspecified atom stereocenters. The Morgan fingerprint density at radius 3 is 2.82 bits per heavy atom. The first-order chi connectivity index (χ1) is 8.22. The maximum Gasteiger partial charge on any atom is 0.348 e. The van der Waals surface area contributed by atoms with Crippen LogP contribution in [-0.4, -0.2) is 31.5 Å². The van der Waals surface area contributed by atoms with Gasteiger partial charge in [0, 0.05) is 6.20 Å². The number of carbonyl (C=O) groups is 2. The molecule has 2 aromatic heterocycles. The van der Waals surface area contributed by atoms with Gasteiger partial charge in [-0.1, -0.05) is 0 Å². The van der Waals surface area contributed by atoms with E-state index in [0.29, 0.717) is 22.3 Å². The molecule has 0 saturated carbocycles. The van der Waals surface area contributed by atoms with Gasteiger partial charge in [0.05, 0.1) is 25.2 Å². The Balaban J connectivity index is 2.80. The lowest BCUT2D eigenvalue weighted by Gasteiger charge is -2.01. The molecular weight excluding hydrogens is 242 g/mol. The number of hydrogen-bond acceptors (Lipinski definition) is 6. The highest BCUT2D eigenvalue weighted by Crippen LogP contribution is 2.35. The zero-order valence-corrected chi connectivity index (χ0v) is 10.0. The van der Waals surface area contributed by atoms with Crippen LogP contribution >= 0.6 is 11.3 Å². The number of esters is 1. The third kappa shape index (κ3) is 1.76. The standard InChI is InChI=1S/C11H9NO4S/c1-15-7-3-4-12-10-8(7)6(5-13)9(17-10)11(14)16-2/h3-5H,1-2H3. The number of methoxy groups -OCH3 is 2. The second-order valence-electron chi connectivity index (χ2n) is 3.15. The van der Waals surface area contributed by atoms with Crippen LogP contribution in [0.25, 0.3) is 10.2 Å². The molecule has 5 nitrogen and oxygen atoms in total. The Hall–Kier alpha value is -1.95. The van der Waals surface area contributed by atoms with Crippen molar-refractivity contribution in [1.82, 2.24) is 4.98 Å². The van der Waals surface area contributed by atoms with Crippen LogP contribution < -0.4 is 4.74 Å². The number of nitrogens with zero attached hydrogens (tertiary/aromatic N) is 1. The molecule has 0 bridgehead atoms. The van der Waals surface area contributed by atoms with Crippen LogP contribution in [0.4, 0.5) is 0 Å². The van der Waals surface area contributed by atoms with Gasteiger partial charge in [-0.2, -0.15) is 0 Å². The van der Waals surface area contributed by atoms with Crippen LogP contribution in [0.15, 0.2) is 12.3 Å². The first kappa shape index (κ1) is 11.5. The maximum atomic E-state index is 11.5. The van der Waals surface area contributed by atoms with Gasteiger partial charge in [0.15, 0.2) is 6.29 Å². The normalized spacial score (nSPS) is 10.2. The summed E-state index contributed by atoms with van der Waals surface area (Å²) in [6.07, 6.45) is 2.18. The lowest BCUT2D eigenvalue weighted by atomic mass is 10.2. The summed E-state index contributed by atoms with van der Waals surface area (Å²) in [5, 5.41) is 0.551. The first-order valence-corrected chi connectivity index (χ1v) is 5.53. The largest absolute Gasteiger partial charge is 0.496 e. The predicted molar refractivity (Wildman–Crippen MR) is 62.9 cm³/mol. The van der Waals surface area contributed by atoms with Crippen molar-refractivity contribution in [3.63, 3.8) is 0 Å². The Morgan fingerprint density at radius 2 is 2.24 bits per heavy atom. The number of fused-ring (bicyclic) bond motifs is 1. The van der Waals surface area contributed by atoms with Crippen molar-refractivity contribution in [2.75, 3.05) is 14.2 Å². The van der Waals surface area contributed by atoms with Crippen LogP contribution in [0.2, 0.25) is 0 Å². The van der Waals surface area contributed by atoms with Crippen molar-refractivity contribution in [2.24, 2.45) is 0 Å². The number of pyridine rings is 1. The first-order valence-electron chi connectivity index (χ1n) is 4.72. The summed E-state index contributed by atoms with van der Waals surface area (Å²) < 4.78 is 9.78. The van der Waals surface area contributed by atoms with E-state index in [1.165, 1.54) is 14.2 Å². The van der Waals surface area contributed by atoms with E-state index in [4.69, 9.17) is 4.74 Å². The average Bonchev–Trinajstić information content (AvgIpc) is 2.75. The van der Waals surface area contributed by atoms with Gasteiger partial charge in [-0.05, 0) is 6.07 Å². The average molecular weight is 251 g/mol. The van der Waals surface area contributed by atoms with Gasteiger partial charge in [0.1, 0.15) is 15.5 Å². The lowest BCUT2D eigenvalue weighted by Crippen LogP contribution is -2.01. The molecule has 0 aliphatic carbocycles. The molecular formula is C11H9NO4S. The Labute approximate surface area is 101 Å². The summed E-state index contributed by atoms with van der Waals surface area (Å²) in [5.41, 5.74) is 0.266. The monoisotopic (exact) mass is 251 g/mol. The highest BCUT2D eigenvalue weighted by atomic mass is 32.1. The molecule has 0 spiro atoms. The minimum Gasteiger partial charge on any atom is -0.496 e. The number of aromatic nitrogens is 1. The van der Waals surface area contributed by atoms with E-state index >= 15 is 0 Å². The van der Waals surface area contributed by atoms with Crippen LogP contribution in [-0.2, 0) is 4.74 Å². The SMILES string of the molecule is COC(=O)c1sc2nccc(OC)c2c1C=O. The topological polar surface area (TPSA) is 65.5 Å². The van der Waals surface area contributed by atoms with E-state index in [1.807, 2.05) is 0 Å². The number of ether oxygens (including phenoxy) is 2. The summed E-state index contributed by atoms with van der Waals surface area (Å²) >= 11 is 1.11. The number of aldehydes is 1. The van der Waals surface area contributed by atoms with E-state index in [9.17, 15) is 9.59 Å². The minimum atomic E-state index is -0.544. The summed E-state index contributed by atoms with van der Waals surface area (Å²) in [4.78, 5) is 27.6. The van der Waals surface area contributed by atoms with E-state index in [0.717, 1.165) is 11.3 Å². The summed E-state index contributed by atoms with van der Waals surface area (Å²) in [6, 6.07) is 1.64. The summed E-state index contributed by atoms with van der Waals surface area (Å²) in [5.74, 6) is -0.0272. The molecule has 88 valence electrons. The molecule has 2 heterocycles. The quantitative estimate of drug-likeness (QED) is 0.615. The van der Waals surface area contributed by atoms with Gasteiger partial charge >= 0.3 is 5.97 Å². The number of hydrogen-bond donors (Lipinski definition) is 0. The van der Waals surface area contributed by atoms with Crippen LogP contribution in [0.3, 0.4) is 0 Å². The van der Waals surface area contributed by atoms with E-state index in [2.05, 4.69) is 9.72 Å². The van der Waals surface area contributed by atoms with E-state index < -0.39 is 5.97 Å². The van der Waals surface area contributed by atoms with Crippen molar-refractivity contribution in [3.05, 3.63) is 22.7 Å². The van der Waals surface area contributed by atoms with Gasteiger partial charge in [0.2, 0.25) is 0 Å². The van der Waals surface area contributed by atoms with Crippen molar-refractivity contribution >= 4 is 33.8 Å². The molecule has 0 fully saturated rings. The van der Waals surface area contributed by atoms with Gasteiger partial charge in [-0.15, -0.1) is 11.3 Å². The zero-order valence-electron chi connectivity index (χ0n) is 9.22. The molecule has 0 aliphatic rings. The minimum absolute atomic E-state index is 0.245. The molecule has 0 atom stereocenters. The molecule has 2 rings (SSSR count). The van der Waals surface area contributed by atoms with E-state index in [1.54, 1.807) is 12.3 Å². The van der Waals surface area contributed by atoms with Crippen molar-refractivity contribution in [3.8, 4) is 5.75 Å². The molecule has 0 N–H and O–H groups in total. The smallest absolute Gasteiger partial charge is 0.348 e. The fourth-order valence-electron chi connectivity index (χ4n) is 1.54. The molecule has 0 amide bonds. The van der Waals surface area contributed by atoms with Crippen molar-refractivity contribution < 1.29 is 19.1 Å². The fourth-order valence-corrected chi connectivity index (χ4v) is 2.59. The second kappa shape index (κ2) is 4.50. The van der Waals surface area contributed by atoms with Crippen molar-refractivity contribution in [1.29, 1.82) is 0 Å². The number of carbonyl (C=O) groups excluding carboxylic acids is 2. The van der Waals surface area contributed by atoms with Gasteiger partial charge in [-0.25, -0.2) is 9.78 Å². The molecule has 0 aromatic carbocycles. The molecule has 0 aliphatic heterocycles. The summed E-state index contributed by atoms with van der Waals surface area (Å²) in [7, 11) is 2.77. The molecule has 2 aromatic rings. The van der Waals surface area contributed by atoms with Crippen LogP contribution in [0, 0.1) is 0 Å². The zero-order chi connectivity index (χ0) is 12.4. The van der Waals surface area contributed by atoms with Gasteiger partial charge in [-0.3, -0.25) is 4.79 Å². The highest BCUT2D eigenvalue weighted by Gasteiger charge is 2.21. The molecule has 0 radical (unpaired) electrons. The van der Waals surface area contributed by atoms with Crippen molar-refractivity contribution in [2.45, 2.75) is 0 Å². The second-order valence-corrected chi connectivity index (χ2v) is 4.15. The third-order valence-corrected chi connectivity index (χ3v) is 3.39. The van der Waals surface area contributed by atoms with Crippen LogP contribution in [0.1, 0.15) is 20.0 Å². The van der Waals surface area contributed by atoms with E-state index in [-0.39, 0.29) is 10.4 Å².